The zero-order valence-electron chi connectivity index (χ0n) is 7.04. The molecule has 0 unspecified atom stereocenters. The molecule has 0 fully saturated rings. The molecule has 0 aliphatic rings. The minimum atomic E-state index is -0.869. The Morgan fingerprint density at radius 1 is 1.29 bits per heavy atom. The lowest BCUT2D eigenvalue weighted by molar-refractivity contribution is 0.500. The second-order valence-corrected chi connectivity index (χ2v) is 2.72. The normalized spacial score (nSPS) is 10.4. The SMILES string of the molecule is Fc1cccc(Cc2nn[nH]n2)c1F. The molecule has 14 heavy (non-hydrogen) atoms. The Kier molecular flexibility index (Phi) is 2.18. The molecular weight excluding hydrogens is 190 g/mol. The molecule has 0 amide bonds. The van der Waals surface area contributed by atoms with Crippen LogP contribution in [0.25, 0.3) is 0 Å². The van der Waals surface area contributed by atoms with Gasteiger partial charge in [0.05, 0.1) is 0 Å². The van der Waals surface area contributed by atoms with Gasteiger partial charge in [-0.2, -0.15) is 5.21 Å². The van der Waals surface area contributed by atoms with Gasteiger partial charge >= 0.3 is 0 Å². The number of nitrogens with one attached hydrogen (secondary N) is 1. The van der Waals surface area contributed by atoms with E-state index in [1.165, 1.54) is 12.1 Å². The third kappa shape index (κ3) is 1.59. The smallest absolute Gasteiger partial charge is 0.179 e. The monoisotopic (exact) mass is 196 g/mol. The molecule has 72 valence electrons. The van der Waals surface area contributed by atoms with Crippen molar-refractivity contribution in [3.8, 4) is 0 Å². The van der Waals surface area contributed by atoms with E-state index in [0.717, 1.165) is 6.07 Å². The predicted molar refractivity (Wildman–Crippen MR) is 43.3 cm³/mol. The third-order valence-electron chi connectivity index (χ3n) is 1.77. The van der Waals surface area contributed by atoms with Crippen molar-refractivity contribution in [2.45, 2.75) is 6.42 Å². The lowest BCUT2D eigenvalue weighted by atomic mass is 10.1. The van der Waals surface area contributed by atoms with Gasteiger partial charge in [-0.25, -0.2) is 8.78 Å². The Labute approximate surface area is 78.0 Å². The predicted octanol–water partition coefficient (Wildman–Crippen LogP) is 1.07. The molecular formula is C8H6F2N4. The molecule has 1 aromatic carbocycles. The molecule has 0 aliphatic carbocycles. The second kappa shape index (κ2) is 3.49. The molecule has 0 radical (unpaired) electrons. The Morgan fingerprint density at radius 3 is 2.86 bits per heavy atom. The molecule has 0 aliphatic heterocycles. The lowest BCUT2D eigenvalue weighted by Gasteiger charge is -1.99. The van der Waals surface area contributed by atoms with E-state index in [9.17, 15) is 8.78 Å². The van der Waals surface area contributed by atoms with Crippen molar-refractivity contribution in [3.63, 3.8) is 0 Å². The summed E-state index contributed by atoms with van der Waals surface area (Å²) in [7, 11) is 0. The number of benzene rings is 1. The molecule has 2 aromatic rings. The van der Waals surface area contributed by atoms with Crippen LogP contribution < -0.4 is 0 Å². The van der Waals surface area contributed by atoms with Crippen molar-refractivity contribution in [2.24, 2.45) is 0 Å². The summed E-state index contributed by atoms with van der Waals surface area (Å²) in [6.45, 7) is 0. The van der Waals surface area contributed by atoms with Crippen molar-refractivity contribution >= 4 is 0 Å². The molecule has 1 N–H and O–H groups in total. The van der Waals surface area contributed by atoms with E-state index in [1.54, 1.807) is 0 Å². The summed E-state index contributed by atoms with van der Waals surface area (Å²) in [5.41, 5.74) is 0.214. The maximum atomic E-state index is 13.1. The van der Waals surface area contributed by atoms with Gasteiger partial charge in [-0.3, -0.25) is 0 Å². The molecule has 0 saturated heterocycles. The van der Waals surface area contributed by atoms with Crippen molar-refractivity contribution in [3.05, 3.63) is 41.2 Å². The zero-order chi connectivity index (χ0) is 9.97. The van der Waals surface area contributed by atoms with E-state index < -0.39 is 11.6 Å². The molecule has 0 spiro atoms. The summed E-state index contributed by atoms with van der Waals surface area (Å²) in [5, 5.41) is 12.8. The van der Waals surface area contributed by atoms with Gasteiger partial charge in [-0.1, -0.05) is 17.3 Å². The standard InChI is InChI=1S/C8H6F2N4/c9-6-3-1-2-5(8(6)10)4-7-11-13-14-12-7/h1-3H,4H2,(H,11,12,13,14). The van der Waals surface area contributed by atoms with Crippen LogP contribution in [0, 0.1) is 11.6 Å². The second-order valence-electron chi connectivity index (χ2n) is 2.72. The molecule has 0 atom stereocenters. The number of rotatable bonds is 2. The quantitative estimate of drug-likeness (QED) is 0.781. The topological polar surface area (TPSA) is 54.5 Å². The van der Waals surface area contributed by atoms with E-state index >= 15 is 0 Å². The largest absolute Gasteiger partial charge is 0.204 e. The number of tetrazole rings is 1. The average molecular weight is 196 g/mol. The maximum Gasteiger partial charge on any atom is 0.179 e. The summed E-state index contributed by atoms with van der Waals surface area (Å²) in [5.74, 6) is -1.40. The fraction of sp³-hybridized carbons (Fsp3) is 0.125. The fourth-order valence-electron chi connectivity index (χ4n) is 1.11. The van der Waals surface area contributed by atoms with E-state index in [4.69, 9.17) is 0 Å². The lowest BCUT2D eigenvalue weighted by Crippen LogP contribution is -1.97. The number of nitrogens with zero attached hydrogens (tertiary/aromatic N) is 3. The molecule has 1 aromatic heterocycles. The van der Waals surface area contributed by atoms with Gasteiger partial charge in [0.2, 0.25) is 0 Å². The summed E-state index contributed by atoms with van der Waals surface area (Å²) in [4.78, 5) is 0. The van der Waals surface area contributed by atoms with Crippen LogP contribution in [-0.4, -0.2) is 20.6 Å². The first kappa shape index (κ1) is 8.74. The van der Waals surface area contributed by atoms with Crippen LogP contribution in [0.2, 0.25) is 0 Å². The van der Waals surface area contributed by atoms with Crippen LogP contribution in [0.4, 0.5) is 8.78 Å². The van der Waals surface area contributed by atoms with E-state index in [2.05, 4.69) is 20.6 Å². The van der Waals surface area contributed by atoms with Crippen LogP contribution in [0.1, 0.15) is 11.4 Å². The molecule has 0 bridgehead atoms. The van der Waals surface area contributed by atoms with Crippen LogP contribution in [0.5, 0.6) is 0 Å². The first-order valence-electron chi connectivity index (χ1n) is 3.92. The number of H-pyrrole nitrogens is 1. The van der Waals surface area contributed by atoms with Crippen LogP contribution in [0.15, 0.2) is 18.2 Å². The van der Waals surface area contributed by atoms with Gasteiger partial charge in [-0.05, 0) is 11.6 Å². The first-order chi connectivity index (χ1) is 6.77. The highest BCUT2D eigenvalue weighted by Gasteiger charge is 2.09. The number of hydrogen-bond donors (Lipinski definition) is 1. The zero-order valence-corrected chi connectivity index (χ0v) is 7.04. The van der Waals surface area contributed by atoms with E-state index in [0.29, 0.717) is 5.82 Å². The molecule has 2 rings (SSSR count). The number of halogens is 2. The van der Waals surface area contributed by atoms with E-state index in [1.807, 2.05) is 0 Å². The minimum Gasteiger partial charge on any atom is -0.204 e. The molecule has 4 nitrogen and oxygen atoms in total. The van der Waals surface area contributed by atoms with Crippen LogP contribution >= 0.6 is 0 Å². The third-order valence-corrected chi connectivity index (χ3v) is 1.77. The Balaban J connectivity index is 2.29. The molecule has 0 saturated carbocycles. The van der Waals surface area contributed by atoms with Gasteiger partial charge in [0.25, 0.3) is 0 Å². The fourth-order valence-corrected chi connectivity index (χ4v) is 1.11. The summed E-state index contributed by atoms with van der Waals surface area (Å²) in [6.07, 6.45) is 0.125. The molecule has 1 heterocycles. The minimum absolute atomic E-state index is 0.125. The summed E-state index contributed by atoms with van der Waals surface area (Å²) >= 11 is 0. The van der Waals surface area contributed by atoms with Crippen molar-refractivity contribution in [2.75, 3.05) is 0 Å². The van der Waals surface area contributed by atoms with Gasteiger partial charge in [0.15, 0.2) is 17.5 Å². The summed E-state index contributed by atoms with van der Waals surface area (Å²) < 4.78 is 25.9. The Hall–Kier alpha value is -1.85. The van der Waals surface area contributed by atoms with Crippen molar-refractivity contribution in [1.82, 2.24) is 20.6 Å². The Morgan fingerprint density at radius 2 is 2.14 bits per heavy atom. The van der Waals surface area contributed by atoms with E-state index in [-0.39, 0.29) is 12.0 Å². The van der Waals surface area contributed by atoms with Crippen LogP contribution in [-0.2, 0) is 6.42 Å². The van der Waals surface area contributed by atoms with Gasteiger partial charge < -0.3 is 0 Å². The number of hydrogen-bond acceptors (Lipinski definition) is 3. The highest BCUT2D eigenvalue weighted by atomic mass is 19.2. The van der Waals surface area contributed by atoms with Crippen LogP contribution in [0.3, 0.4) is 0 Å². The summed E-state index contributed by atoms with van der Waals surface area (Å²) in [6, 6.07) is 3.98. The number of aromatic nitrogens is 4. The van der Waals surface area contributed by atoms with Crippen molar-refractivity contribution < 1.29 is 8.78 Å². The molecule has 6 heteroatoms. The van der Waals surface area contributed by atoms with Gasteiger partial charge in [0, 0.05) is 6.42 Å². The van der Waals surface area contributed by atoms with Gasteiger partial charge in [0.1, 0.15) is 0 Å². The Bertz CT molecular complexity index is 427. The highest BCUT2D eigenvalue weighted by Crippen LogP contribution is 2.13. The average Bonchev–Trinajstić information content (AvgIpc) is 2.66. The first-order valence-corrected chi connectivity index (χ1v) is 3.92. The van der Waals surface area contributed by atoms with Gasteiger partial charge in [-0.15, -0.1) is 10.2 Å². The maximum absolute atomic E-state index is 13.1. The number of aromatic amines is 1. The van der Waals surface area contributed by atoms with Crippen molar-refractivity contribution in [1.29, 1.82) is 0 Å². The highest BCUT2D eigenvalue weighted by molar-refractivity contribution is 5.21.